The van der Waals surface area contributed by atoms with Gasteiger partial charge in [-0.1, -0.05) is 24.3 Å². The van der Waals surface area contributed by atoms with Gasteiger partial charge in [-0.05, 0) is 29.8 Å². The molecular weight excluding hydrogens is 384 g/mol. The molecule has 0 aromatic heterocycles. The Morgan fingerprint density at radius 1 is 1.10 bits per heavy atom. The van der Waals surface area contributed by atoms with Gasteiger partial charge < -0.3 is 24.4 Å². The number of likely N-dealkylation sites (tertiary alicyclic amines) is 1. The molecule has 1 N–H and O–H groups in total. The number of methoxy groups -OCH3 is 2. The molecule has 0 bridgehead atoms. The Kier molecular flexibility index (Phi) is 6.42. The Morgan fingerprint density at radius 3 is 2.40 bits per heavy atom. The number of benzene rings is 2. The van der Waals surface area contributed by atoms with Crippen molar-refractivity contribution in [3.8, 4) is 5.75 Å². The summed E-state index contributed by atoms with van der Waals surface area (Å²) in [6.45, 7) is 0.508. The summed E-state index contributed by atoms with van der Waals surface area (Å²) in [6, 6.07) is 13.6. The summed E-state index contributed by atoms with van der Waals surface area (Å²) in [5.41, 5.74) is 2.19. The van der Waals surface area contributed by atoms with Crippen LogP contribution in [0.1, 0.15) is 17.2 Å². The van der Waals surface area contributed by atoms with Gasteiger partial charge in [0, 0.05) is 39.0 Å². The van der Waals surface area contributed by atoms with E-state index in [0.717, 1.165) is 11.3 Å². The number of rotatable bonds is 7. The minimum absolute atomic E-state index is 0.0574. The van der Waals surface area contributed by atoms with Crippen LogP contribution in [0.25, 0.3) is 5.76 Å². The highest BCUT2D eigenvalue weighted by atomic mass is 16.5. The molecule has 2 aromatic rings. The lowest BCUT2D eigenvalue weighted by Crippen LogP contribution is -2.32. The molecule has 30 heavy (non-hydrogen) atoms. The molecule has 2 aromatic carbocycles. The van der Waals surface area contributed by atoms with Crippen molar-refractivity contribution < 1.29 is 24.2 Å². The van der Waals surface area contributed by atoms with Crippen LogP contribution in [0.5, 0.6) is 5.75 Å². The lowest BCUT2D eigenvalue weighted by Gasteiger charge is -2.25. The number of hydrogen-bond donors (Lipinski definition) is 1. The molecule has 1 aliphatic rings. The van der Waals surface area contributed by atoms with E-state index in [1.165, 1.54) is 19.1 Å². The molecule has 7 nitrogen and oxygen atoms in total. The molecule has 0 saturated carbocycles. The summed E-state index contributed by atoms with van der Waals surface area (Å²) >= 11 is 0. The zero-order chi connectivity index (χ0) is 21.8. The standard InChI is InChI=1S/C23H26N2O5/c1-24(2)17-10-8-15(9-11-17)20-19(22(27)23(28)25(20)12-13-29-3)21(26)16-6-5-7-18(14-16)30-4/h5-11,14,20,26H,12-13H2,1-4H3/b21-19-. The van der Waals surface area contributed by atoms with Crippen LogP contribution in [0.4, 0.5) is 5.69 Å². The molecule has 3 rings (SSSR count). The van der Waals surface area contributed by atoms with Crippen LogP contribution in [0.15, 0.2) is 54.1 Å². The maximum atomic E-state index is 12.9. The van der Waals surface area contributed by atoms with Gasteiger partial charge in [-0.3, -0.25) is 9.59 Å². The van der Waals surface area contributed by atoms with E-state index in [1.807, 2.05) is 43.3 Å². The van der Waals surface area contributed by atoms with Crippen LogP contribution in [-0.4, -0.2) is 63.2 Å². The van der Waals surface area contributed by atoms with E-state index in [-0.39, 0.29) is 24.5 Å². The Morgan fingerprint density at radius 2 is 1.80 bits per heavy atom. The van der Waals surface area contributed by atoms with Gasteiger partial charge in [0.2, 0.25) is 0 Å². The predicted molar refractivity (Wildman–Crippen MR) is 115 cm³/mol. The molecule has 1 aliphatic heterocycles. The number of hydrogen-bond acceptors (Lipinski definition) is 6. The highest BCUT2D eigenvalue weighted by Crippen LogP contribution is 2.40. The van der Waals surface area contributed by atoms with Crippen LogP contribution in [-0.2, 0) is 14.3 Å². The van der Waals surface area contributed by atoms with Crippen molar-refractivity contribution in [2.24, 2.45) is 0 Å². The van der Waals surface area contributed by atoms with Crippen molar-refractivity contribution in [1.29, 1.82) is 0 Å². The second-order valence-electron chi connectivity index (χ2n) is 7.20. The summed E-state index contributed by atoms with van der Waals surface area (Å²) < 4.78 is 10.3. The predicted octanol–water partition coefficient (Wildman–Crippen LogP) is 2.83. The Labute approximate surface area is 176 Å². The topological polar surface area (TPSA) is 79.3 Å². The van der Waals surface area contributed by atoms with Crippen molar-refractivity contribution in [3.05, 3.63) is 65.2 Å². The number of ether oxygens (including phenoxy) is 2. The van der Waals surface area contributed by atoms with E-state index in [2.05, 4.69) is 0 Å². The van der Waals surface area contributed by atoms with Crippen molar-refractivity contribution >= 4 is 23.1 Å². The van der Waals surface area contributed by atoms with E-state index >= 15 is 0 Å². The van der Waals surface area contributed by atoms with E-state index < -0.39 is 17.7 Å². The maximum absolute atomic E-state index is 12.9. The van der Waals surface area contributed by atoms with Gasteiger partial charge in [-0.25, -0.2) is 0 Å². The zero-order valence-corrected chi connectivity index (χ0v) is 17.6. The van der Waals surface area contributed by atoms with Crippen LogP contribution >= 0.6 is 0 Å². The van der Waals surface area contributed by atoms with Gasteiger partial charge in [0.15, 0.2) is 0 Å². The molecule has 158 valence electrons. The monoisotopic (exact) mass is 410 g/mol. The summed E-state index contributed by atoms with van der Waals surface area (Å²) in [4.78, 5) is 29.1. The Hall–Kier alpha value is -3.32. The van der Waals surface area contributed by atoms with Crippen LogP contribution in [0, 0.1) is 0 Å². The molecule has 1 saturated heterocycles. The number of nitrogens with zero attached hydrogens (tertiary/aromatic N) is 2. The summed E-state index contributed by atoms with van der Waals surface area (Å²) in [5, 5.41) is 11.0. The highest BCUT2D eigenvalue weighted by molar-refractivity contribution is 6.46. The first-order valence-corrected chi connectivity index (χ1v) is 9.58. The van der Waals surface area contributed by atoms with Crippen molar-refractivity contribution in [3.63, 3.8) is 0 Å². The van der Waals surface area contributed by atoms with Crippen LogP contribution < -0.4 is 9.64 Å². The second-order valence-corrected chi connectivity index (χ2v) is 7.20. The van der Waals surface area contributed by atoms with Crippen molar-refractivity contribution in [1.82, 2.24) is 4.90 Å². The van der Waals surface area contributed by atoms with Gasteiger partial charge >= 0.3 is 0 Å². The minimum atomic E-state index is -0.715. The van der Waals surface area contributed by atoms with E-state index in [0.29, 0.717) is 11.3 Å². The lowest BCUT2D eigenvalue weighted by atomic mass is 9.95. The Bertz CT molecular complexity index is 966. The van der Waals surface area contributed by atoms with Crippen LogP contribution in [0.3, 0.4) is 0 Å². The second kappa shape index (κ2) is 9.00. The normalized spacial score (nSPS) is 18.0. The Balaban J connectivity index is 2.14. The fraction of sp³-hybridized carbons (Fsp3) is 0.304. The molecule has 0 aliphatic carbocycles. The third-order valence-electron chi connectivity index (χ3n) is 5.14. The van der Waals surface area contributed by atoms with Gasteiger partial charge in [0.1, 0.15) is 11.5 Å². The van der Waals surface area contributed by atoms with Gasteiger partial charge in [-0.15, -0.1) is 0 Å². The average molecular weight is 410 g/mol. The number of carbonyl (C=O) groups is 2. The summed E-state index contributed by atoms with van der Waals surface area (Å²) in [6.07, 6.45) is 0. The highest BCUT2D eigenvalue weighted by Gasteiger charge is 2.45. The number of Topliss-reactive ketones (excluding diaryl/α,β-unsaturated/α-hetero) is 1. The average Bonchev–Trinajstić information content (AvgIpc) is 3.01. The molecule has 1 atom stereocenters. The molecule has 1 amide bonds. The minimum Gasteiger partial charge on any atom is -0.507 e. The number of ketones is 1. The lowest BCUT2D eigenvalue weighted by molar-refractivity contribution is -0.140. The van der Waals surface area contributed by atoms with Gasteiger partial charge in [0.25, 0.3) is 11.7 Å². The van der Waals surface area contributed by atoms with Gasteiger partial charge in [-0.2, -0.15) is 0 Å². The summed E-state index contributed by atoms with van der Waals surface area (Å²) in [5.74, 6) is -1.06. The quantitative estimate of drug-likeness (QED) is 0.430. The number of anilines is 1. The molecule has 0 radical (unpaired) electrons. The molecule has 1 fully saturated rings. The fourth-order valence-corrected chi connectivity index (χ4v) is 3.53. The number of amides is 1. The van der Waals surface area contributed by atoms with E-state index in [1.54, 1.807) is 24.3 Å². The number of aliphatic hydroxyl groups excluding tert-OH is 1. The molecule has 1 heterocycles. The SMILES string of the molecule is COCCN1C(=O)C(=O)/C(=C(\O)c2cccc(OC)c2)C1c1ccc(N(C)C)cc1. The first kappa shape index (κ1) is 21.4. The fourth-order valence-electron chi connectivity index (χ4n) is 3.53. The molecule has 1 unspecified atom stereocenters. The third kappa shape index (κ3) is 4.02. The molecule has 7 heteroatoms. The summed E-state index contributed by atoms with van der Waals surface area (Å²) in [7, 11) is 6.92. The molecule has 0 spiro atoms. The van der Waals surface area contributed by atoms with E-state index in [4.69, 9.17) is 9.47 Å². The zero-order valence-electron chi connectivity index (χ0n) is 17.6. The number of aliphatic hydroxyl groups is 1. The smallest absolute Gasteiger partial charge is 0.295 e. The first-order chi connectivity index (χ1) is 14.4. The van der Waals surface area contributed by atoms with Crippen molar-refractivity contribution in [2.45, 2.75) is 6.04 Å². The van der Waals surface area contributed by atoms with Crippen LogP contribution in [0.2, 0.25) is 0 Å². The van der Waals surface area contributed by atoms with Gasteiger partial charge in [0.05, 0.1) is 25.3 Å². The first-order valence-electron chi connectivity index (χ1n) is 9.58. The maximum Gasteiger partial charge on any atom is 0.295 e. The number of carbonyl (C=O) groups excluding carboxylic acids is 2. The largest absolute Gasteiger partial charge is 0.507 e. The van der Waals surface area contributed by atoms with Crippen molar-refractivity contribution in [2.75, 3.05) is 46.4 Å². The third-order valence-corrected chi connectivity index (χ3v) is 5.14. The molecular formula is C23H26N2O5. The van der Waals surface area contributed by atoms with E-state index in [9.17, 15) is 14.7 Å².